The van der Waals surface area contributed by atoms with Crippen molar-refractivity contribution < 1.29 is 14.6 Å². The lowest BCUT2D eigenvalue weighted by molar-refractivity contribution is -0.155. The van der Waals surface area contributed by atoms with E-state index in [4.69, 9.17) is 0 Å². The Labute approximate surface area is 111 Å². The molecule has 0 unspecified atom stereocenters. The third-order valence-electron chi connectivity index (χ3n) is 2.57. The van der Waals surface area contributed by atoms with Crippen molar-refractivity contribution in [2.24, 2.45) is 5.41 Å². The summed E-state index contributed by atoms with van der Waals surface area (Å²) in [5.41, 5.74) is 2.90. The second-order valence-corrected chi connectivity index (χ2v) is 10.8. The van der Waals surface area contributed by atoms with Gasteiger partial charge in [0.2, 0.25) is 0 Å². The number of aliphatic hydroxyl groups is 1. The highest BCUT2D eigenvalue weighted by Gasteiger charge is 2.37. The van der Waals surface area contributed by atoms with Crippen molar-refractivity contribution in [2.75, 3.05) is 7.11 Å². The third-order valence-corrected chi connectivity index (χ3v) is 3.47. The Morgan fingerprint density at radius 1 is 1.39 bits per heavy atom. The van der Waals surface area contributed by atoms with Crippen LogP contribution in [0, 0.1) is 16.9 Å². The number of ether oxygens (including phenoxy) is 1. The van der Waals surface area contributed by atoms with Crippen LogP contribution in [0.5, 0.6) is 0 Å². The molecule has 3 nitrogen and oxygen atoms in total. The first-order valence-corrected chi connectivity index (χ1v) is 9.48. The molecular formula is C14H24O3Si. The maximum atomic E-state index is 11.6. The minimum atomic E-state index is -1.41. The minimum absolute atomic E-state index is 0.430. The molecular weight excluding hydrogens is 244 g/mol. The van der Waals surface area contributed by atoms with Crippen molar-refractivity contribution in [2.45, 2.75) is 46.5 Å². The topological polar surface area (TPSA) is 46.5 Å². The summed E-state index contributed by atoms with van der Waals surface area (Å²) in [7, 11) is -0.0921. The number of aliphatic hydroxyl groups excluding tert-OH is 1. The summed E-state index contributed by atoms with van der Waals surface area (Å²) in [6, 6.07) is 0. The summed E-state index contributed by atoms with van der Waals surface area (Å²) in [5, 5.41) is 10.2. The number of esters is 1. The fraction of sp³-hybridized carbons (Fsp3) is 0.643. The monoisotopic (exact) mass is 268 g/mol. The van der Waals surface area contributed by atoms with Crippen LogP contribution in [-0.4, -0.2) is 32.4 Å². The van der Waals surface area contributed by atoms with Gasteiger partial charge in [-0.3, -0.25) is 4.79 Å². The van der Waals surface area contributed by atoms with E-state index in [1.54, 1.807) is 26.8 Å². The summed E-state index contributed by atoms with van der Waals surface area (Å²) >= 11 is 0. The lowest BCUT2D eigenvalue weighted by Crippen LogP contribution is -2.38. The summed E-state index contributed by atoms with van der Waals surface area (Å²) in [5.74, 6) is 2.54. The van der Waals surface area contributed by atoms with Crippen LogP contribution in [0.25, 0.3) is 0 Å². The molecule has 0 spiro atoms. The lowest BCUT2D eigenvalue weighted by Gasteiger charge is -2.27. The fourth-order valence-electron chi connectivity index (χ4n) is 1.39. The predicted molar refractivity (Wildman–Crippen MR) is 76.7 cm³/mol. The molecule has 0 aliphatic heterocycles. The predicted octanol–water partition coefficient (Wildman–Crippen LogP) is 2.37. The van der Waals surface area contributed by atoms with Crippen LogP contribution < -0.4 is 0 Å². The Morgan fingerprint density at radius 3 is 2.28 bits per heavy atom. The Bertz CT molecular complexity index is 391. The van der Waals surface area contributed by atoms with Crippen LogP contribution >= 0.6 is 0 Å². The molecule has 0 heterocycles. The zero-order valence-corrected chi connectivity index (χ0v) is 13.4. The van der Waals surface area contributed by atoms with Crippen LogP contribution in [-0.2, 0) is 9.53 Å². The SMILES string of the molecule is COC(=O)C(C)(C)[C@H](O)/C(C)=C\C#C[Si](C)(C)C. The van der Waals surface area contributed by atoms with Crippen molar-refractivity contribution in [3.05, 3.63) is 11.6 Å². The molecule has 0 aromatic carbocycles. The molecule has 0 aromatic heterocycles. The average Bonchev–Trinajstić information content (AvgIpc) is 2.24. The van der Waals surface area contributed by atoms with Gasteiger partial charge in [-0.1, -0.05) is 25.6 Å². The highest BCUT2D eigenvalue weighted by atomic mass is 28.3. The molecule has 0 aliphatic rings. The second-order valence-electron chi connectivity index (χ2n) is 6.02. The number of allylic oxidation sites excluding steroid dienone is 1. The van der Waals surface area contributed by atoms with Crippen molar-refractivity contribution in [3.63, 3.8) is 0 Å². The van der Waals surface area contributed by atoms with Gasteiger partial charge < -0.3 is 9.84 Å². The summed E-state index contributed by atoms with van der Waals surface area (Å²) in [6.45, 7) is 11.5. The smallest absolute Gasteiger partial charge is 0.314 e. The summed E-state index contributed by atoms with van der Waals surface area (Å²) in [6.07, 6.45) is 0.800. The minimum Gasteiger partial charge on any atom is -0.469 e. The summed E-state index contributed by atoms with van der Waals surface area (Å²) < 4.78 is 4.69. The van der Waals surface area contributed by atoms with E-state index in [2.05, 4.69) is 35.8 Å². The van der Waals surface area contributed by atoms with Gasteiger partial charge in [0.1, 0.15) is 8.07 Å². The zero-order valence-electron chi connectivity index (χ0n) is 12.4. The first-order chi connectivity index (χ1) is 8.02. The highest BCUT2D eigenvalue weighted by molar-refractivity contribution is 6.83. The number of hydrogen-bond donors (Lipinski definition) is 1. The van der Waals surface area contributed by atoms with Crippen LogP contribution in [0.15, 0.2) is 11.6 Å². The van der Waals surface area contributed by atoms with Gasteiger partial charge in [0.15, 0.2) is 0 Å². The standard InChI is InChI=1S/C14H24O3Si/c1-11(9-8-10-18(5,6)7)12(15)14(2,3)13(16)17-4/h9,12,15H,1-7H3/b11-9-/t12-/m1/s1. The van der Waals surface area contributed by atoms with E-state index in [0.29, 0.717) is 5.57 Å². The average molecular weight is 268 g/mol. The van der Waals surface area contributed by atoms with E-state index in [9.17, 15) is 9.90 Å². The number of rotatable bonds is 3. The quantitative estimate of drug-likeness (QED) is 0.485. The second kappa shape index (κ2) is 6.21. The Kier molecular flexibility index (Phi) is 5.85. The van der Waals surface area contributed by atoms with Gasteiger partial charge in [0, 0.05) is 0 Å². The molecule has 0 rings (SSSR count). The molecule has 0 radical (unpaired) electrons. The van der Waals surface area contributed by atoms with Crippen LogP contribution in [0.3, 0.4) is 0 Å². The largest absolute Gasteiger partial charge is 0.469 e. The molecule has 0 saturated heterocycles. The lowest BCUT2D eigenvalue weighted by atomic mass is 9.83. The van der Waals surface area contributed by atoms with Gasteiger partial charge in [-0.2, -0.15) is 0 Å². The number of carbonyl (C=O) groups excluding carboxylic acids is 1. The number of hydrogen-bond acceptors (Lipinski definition) is 3. The molecule has 0 aliphatic carbocycles. The van der Waals surface area contributed by atoms with Crippen molar-refractivity contribution >= 4 is 14.0 Å². The van der Waals surface area contributed by atoms with E-state index in [-0.39, 0.29) is 0 Å². The van der Waals surface area contributed by atoms with Crippen molar-refractivity contribution in [1.82, 2.24) is 0 Å². The van der Waals surface area contributed by atoms with Crippen LogP contribution in [0.4, 0.5) is 0 Å². The maximum absolute atomic E-state index is 11.6. The Morgan fingerprint density at radius 2 is 1.89 bits per heavy atom. The first-order valence-electron chi connectivity index (χ1n) is 5.98. The number of carbonyl (C=O) groups is 1. The van der Waals surface area contributed by atoms with Crippen LogP contribution in [0.2, 0.25) is 19.6 Å². The summed E-state index contributed by atoms with van der Waals surface area (Å²) in [4.78, 5) is 11.6. The van der Waals surface area contributed by atoms with Crippen molar-refractivity contribution in [3.8, 4) is 11.5 Å². The molecule has 102 valence electrons. The van der Waals surface area contributed by atoms with Gasteiger partial charge >= 0.3 is 5.97 Å². The third kappa shape index (κ3) is 5.07. The van der Waals surface area contributed by atoms with E-state index in [0.717, 1.165) is 0 Å². The van der Waals surface area contributed by atoms with Crippen LogP contribution in [0.1, 0.15) is 20.8 Å². The van der Waals surface area contributed by atoms with E-state index >= 15 is 0 Å². The maximum Gasteiger partial charge on any atom is 0.314 e. The van der Waals surface area contributed by atoms with Gasteiger partial charge in [-0.15, -0.1) is 5.54 Å². The molecule has 0 fully saturated rings. The van der Waals surface area contributed by atoms with Gasteiger partial charge in [-0.25, -0.2) is 0 Å². The molecule has 0 amide bonds. The van der Waals surface area contributed by atoms with E-state index < -0.39 is 25.6 Å². The molecule has 0 bridgehead atoms. The normalized spacial score (nSPS) is 14.6. The van der Waals surface area contributed by atoms with Gasteiger partial charge in [0.05, 0.1) is 18.6 Å². The molecule has 1 N–H and O–H groups in total. The van der Waals surface area contributed by atoms with E-state index in [1.807, 2.05) is 0 Å². The first kappa shape index (κ1) is 16.9. The van der Waals surface area contributed by atoms with Gasteiger partial charge in [-0.05, 0) is 32.4 Å². The van der Waals surface area contributed by atoms with Gasteiger partial charge in [0.25, 0.3) is 0 Å². The van der Waals surface area contributed by atoms with E-state index in [1.165, 1.54) is 7.11 Å². The molecule has 0 aromatic rings. The number of methoxy groups -OCH3 is 1. The highest BCUT2D eigenvalue weighted by Crippen LogP contribution is 2.27. The van der Waals surface area contributed by atoms with Crippen molar-refractivity contribution in [1.29, 1.82) is 0 Å². The molecule has 18 heavy (non-hydrogen) atoms. The molecule has 4 heteroatoms. The fourth-order valence-corrected chi connectivity index (χ4v) is 1.89. The molecule has 1 atom stereocenters. The molecule has 0 saturated carbocycles. The zero-order chi connectivity index (χ0) is 14.6. The Balaban J connectivity index is 4.99. The Hall–Kier alpha value is -1.05.